The Kier molecular flexibility index (Phi) is 6.14. The first-order valence-electron chi connectivity index (χ1n) is 8.39. The number of halogens is 1. The Morgan fingerprint density at radius 2 is 1.85 bits per heavy atom. The molecule has 2 aromatic carbocycles. The fraction of sp³-hybridized carbons (Fsp3) is 0.190. The molecule has 4 nitrogen and oxygen atoms in total. The van der Waals surface area contributed by atoms with E-state index in [1.807, 2.05) is 43.3 Å². The number of ether oxygens (including phenoxy) is 1. The van der Waals surface area contributed by atoms with Crippen LogP contribution in [0.1, 0.15) is 27.2 Å². The maximum Gasteiger partial charge on any atom is 0.341 e. The lowest BCUT2D eigenvalue weighted by atomic mass is 10.0. The molecule has 0 bridgehead atoms. The number of esters is 1. The molecule has 1 aromatic heterocycles. The zero-order valence-corrected chi connectivity index (χ0v) is 16.9. The molecule has 3 rings (SSSR count). The number of aromatic nitrogens is 2. The summed E-state index contributed by atoms with van der Waals surface area (Å²) >= 11 is 7.96. The lowest BCUT2D eigenvalue weighted by Crippen LogP contribution is -2.11. The molecule has 0 aliphatic heterocycles. The molecule has 138 valence electrons. The number of hydrogen-bond acceptors (Lipinski definition) is 5. The molecule has 0 amide bonds. The molecule has 0 saturated heterocycles. The second-order valence-corrected chi connectivity index (χ2v) is 7.41. The number of nitrogens with zero attached hydrogens (tertiary/aromatic N) is 2. The lowest BCUT2D eigenvalue weighted by molar-refractivity contribution is 0.0599. The van der Waals surface area contributed by atoms with Gasteiger partial charge in [-0.25, -0.2) is 14.8 Å². The van der Waals surface area contributed by atoms with Gasteiger partial charge < -0.3 is 4.74 Å². The Bertz CT molecular complexity index is 977. The van der Waals surface area contributed by atoms with E-state index in [1.54, 1.807) is 6.92 Å². The third-order valence-corrected chi connectivity index (χ3v) is 5.28. The van der Waals surface area contributed by atoms with E-state index in [9.17, 15) is 4.79 Å². The molecule has 0 radical (unpaired) electrons. The van der Waals surface area contributed by atoms with Crippen molar-refractivity contribution in [2.24, 2.45) is 0 Å². The van der Waals surface area contributed by atoms with E-state index in [-0.39, 0.29) is 0 Å². The summed E-state index contributed by atoms with van der Waals surface area (Å²) in [4.78, 5) is 21.5. The van der Waals surface area contributed by atoms with Gasteiger partial charge in [-0.15, -0.1) is 0 Å². The van der Waals surface area contributed by atoms with Crippen molar-refractivity contribution in [3.63, 3.8) is 0 Å². The molecule has 0 spiro atoms. The molecule has 0 saturated carbocycles. The summed E-state index contributed by atoms with van der Waals surface area (Å²) < 4.78 is 4.94. The number of methoxy groups -OCH3 is 1. The maximum absolute atomic E-state index is 12.3. The van der Waals surface area contributed by atoms with Crippen LogP contribution in [-0.4, -0.2) is 23.0 Å². The van der Waals surface area contributed by atoms with Gasteiger partial charge in [0.1, 0.15) is 5.56 Å². The number of rotatable bonds is 5. The number of thioether (sulfide) groups is 1. The van der Waals surface area contributed by atoms with E-state index < -0.39 is 5.97 Å². The minimum atomic E-state index is -0.473. The summed E-state index contributed by atoms with van der Waals surface area (Å²) in [5.41, 5.74) is 4.31. The van der Waals surface area contributed by atoms with Crippen molar-refractivity contribution in [3.05, 3.63) is 75.9 Å². The van der Waals surface area contributed by atoms with Crippen LogP contribution in [0.25, 0.3) is 11.3 Å². The monoisotopic (exact) mass is 398 g/mol. The molecule has 6 heteroatoms. The summed E-state index contributed by atoms with van der Waals surface area (Å²) in [6.07, 6.45) is 0. The van der Waals surface area contributed by atoms with Gasteiger partial charge in [-0.05, 0) is 31.0 Å². The van der Waals surface area contributed by atoms with Crippen LogP contribution in [-0.2, 0) is 10.5 Å². The Balaban J connectivity index is 2.05. The zero-order chi connectivity index (χ0) is 19.4. The molecule has 27 heavy (non-hydrogen) atoms. The SMILES string of the molecule is COC(=O)c1c(C)nc(SCc2ccccc2)nc1-c1ccc(C)cc1Cl. The zero-order valence-electron chi connectivity index (χ0n) is 15.3. The lowest BCUT2D eigenvalue weighted by Gasteiger charge is -2.13. The van der Waals surface area contributed by atoms with Crippen LogP contribution in [0.4, 0.5) is 0 Å². The Morgan fingerprint density at radius 1 is 1.11 bits per heavy atom. The second kappa shape index (κ2) is 8.55. The summed E-state index contributed by atoms with van der Waals surface area (Å²) in [5, 5.41) is 1.13. The van der Waals surface area contributed by atoms with Gasteiger partial charge in [0.2, 0.25) is 0 Å². The number of carbonyl (C=O) groups is 1. The van der Waals surface area contributed by atoms with Crippen molar-refractivity contribution < 1.29 is 9.53 Å². The van der Waals surface area contributed by atoms with E-state index in [0.29, 0.717) is 32.7 Å². The van der Waals surface area contributed by atoms with Gasteiger partial charge in [0.05, 0.1) is 23.5 Å². The first-order chi connectivity index (χ1) is 13.0. The highest BCUT2D eigenvalue weighted by atomic mass is 35.5. The van der Waals surface area contributed by atoms with Crippen molar-refractivity contribution in [2.45, 2.75) is 24.8 Å². The van der Waals surface area contributed by atoms with Crippen LogP contribution >= 0.6 is 23.4 Å². The predicted molar refractivity (Wildman–Crippen MR) is 109 cm³/mol. The number of benzene rings is 2. The van der Waals surface area contributed by atoms with Crippen molar-refractivity contribution in [1.82, 2.24) is 9.97 Å². The molecule has 0 aliphatic carbocycles. The molecule has 0 aliphatic rings. The van der Waals surface area contributed by atoms with E-state index >= 15 is 0 Å². The highest BCUT2D eigenvalue weighted by molar-refractivity contribution is 7.98. The van der Waals surface area contributed by atoms with Crippen LogP contribution in [0.15, 0.2) is 53.7 Å². The van der Waals surface area contributed by atoms with E-state index in [0.717, 1.165) is 11.3 Å². The van der Waals surface area contributed by atoms with Crippen molar-refractivity contribution in [3.8, 4) is 11.3 Å². The van der Waals surface area contributed by atoms with E-state index in [4.69, 9.17) is 16.3 Å². The first-order valence-corrected chi connectivity index (χ1v) is 9.76. The molecular weight excluding hydrogens is 380 g/mol. The fourth-order valence-corrected chi connectivity index (χ4v) is 3.86. The average molecular weight is 399 g/mol. The summed E-state index contributed by atoms with van der Waals surface area (Å²) in [6.45, 7) is 3.75. The molecule has 0 N–H and O–H groups in total. The van der Waals surface area contributed by atoms with Gasteiger partial charge in [-0.2, -0.15) is 0 Å². The first kappa shape index (κ1) is 19.4. The Hall–Kier alpha value is -2.37. The highest BCUT2D eigenvalue weighted by Gasteiger charge is 2.22. The molecule has 1 heterocycles. The topological polar surface area (TPSA) is 52.1 Å². The Labute approximate surface area is 168 Å². The molecule has 0 fully saturated rings. The summed E-state index contributed by atoms with van der Waals surface area (Å²) in [7, 11) is 1.35. The minimum Gasteiger partial charge on any atom is -0.465 e. The van der Waals surface area contributed by atoms with Gasteiger partial charge in [-0.3, -0.25) is 0 Å². The van der Waals surface area contributed by atoms with Gasteiger partial charge in [0.25, 0.3) is 0 Å². The Morgan fingerprint density at radius 3 is 2.52 bits per heavy atom. The molecule has 0 unspecified atom stereocenters. The van der Waals surface area contributed by atoms with Crippen LogP contribution in [0.2, 0.25) is 5.02 Å². The normalized spacial score (nSPS) is 10.7. The van der Waals surface area contributed by atoms with E-state index in [2.05, 4.69) is 22.1 Å². The standard InChI is InChI=1S/C21H19ClN2O2S/c1-13-9-10-16(17(22)11-13)19-18(20(25)26-3)14(2)23-21(24-19)27-12-15-7-5-4-6-8-15/h4-11H,12H2,1-3H3. The molecule has 3 aromatic rings. The van der Waals surface area contributed by atoms with Crippen LogP contribution in [0, 0.1) is 13.8 Å². The predicted octanol–water partition coefficient (Wildman–Crippen LogP) is 5.49. The average Bonchev–Trinajstić information content (AvgIpc) is 2.66. The third-order valence-electron chi connectivity index (χ3n) is 4.05. The van der Waals surface area contributed by atoms with Gasteiger partial charge in [0, 0.05) is 11.3 Å². The van der Waals surface area contributed by atoms with Crippen molar-refractivity contribution in [2.75, 3.05) is 7.11 Å². The number of aryl methyl sites for hydroxylation is 2. The summed E-state index contributed by atoms with van der Waals surface area (Å²) in [5.74, 6) is 0.262. The van der Waals surface area contributed by atoms with Gasteiger partial charge >= 0.3 is 5.97 Å². The number of carbonyl (C=O) groups excluding carboxylic acids is 1. The fourth-order valence-electron chi connectivity index (χ4n) is 2.69. The third kappa shape index (κ3) is 4.49. The number of hydrogen-bond donors (Lipinski definition) is 0. The van der Waals surface area contributed by atoms with Gasteiger partial charge in [-0.1, -0.05) is 65.8 Å². The molecule has 0 atom stereocenters. The van der Waals surface area contributed by atoms with Crippen LogP contribution < -0.4 is 0 Å². The summed E-state index contributed by atoms with van der Waals surface area (Å²) in [6, 6.07) is 15.8. The minimum absolute atomic E-state index is 0.340. The van der Waals surface area contributed by atoms with Crippen LogP contribution in [0.3, 0.4) is 0 Å². The largest absolute Gasteiger partial charge is 0.465 e. The molecular formula is C21H19ClN2O2S. The van der Waals surface area contributed by atoms with Crippen molar-refractivity contribution in [1.29, 1.82) is 0 Å². The van der Waals surface area contributed by atoms with Crippen molar-refractivity contribution >= 4 is 29.3 Å². The smallest absolute Gasteiger partial charge is 0.341 e. The second-order valence-electron chi connectivity index (χ2n) is 6.06. The maximum atomic E-state index is 12.3. The van der Waals surface area contributed by atoms with E-state index in [1.165, 1.54) is 24.4 Å². The quantitative estimate of drug-likeness (QED) is 0.323. The van der Waals surface area contributed by atoms with Gasteiger partial charge in [0.15, 0.2) is 5.16 Å². The van der Waals surface area contributed by atoms with Crippen LogP contribution in [0.5, 0.6) is 0 Å². The highest BCUT2D eigenvalue weighted by Crippen LogP contribution is 2.33.